The third-order valence-electron chi connectivity index (χ3n) is 4.90. The third kappa shape index (κ3) is 3.45. The quantitative estimate of drug-likeness (QED) is 0.812. The molecule has 24 heavy (non-hydrogen) atoms. The van der Waals surface area contributed by atoms with Gasteiger partial charge in [0.25, 0.3) is 5.91 Å². The van der Waals surface area contributed by atoms with E-state index >= 15 is 0 Å². The molecule has 2 aliphatic heterocycles. The molecule has 2 fully saturated rings. The van der Waals surface area contributed by atoms with Gasteiger partial charge in [-0.3, -0.25) is 9.69 Å². The topological polar surface area (TPSA) is 76.8 Å². The number of anilines is 1. The lowest BCUT2D eigenvalue weighted by Gasteiger charge is -2.45. The highest BCUT2D eigenvalue weighted by atomic mass is 35.5. The number of fused-ring (bicyclic) bond motifs is 1. The maximum atomic E-state index is 12.6. The summed E-state index contributed by atoms with van der Waals surface area (Å²) in [6.45, 7) is 4.68. The second-order valence-electron chi connectivity index (χ2n) is 6.55. The minimum atomic E-state index is -0.183. The SMILES string of the molecule is COc1cc(N)c(Cl)cc1C(=O)NC1CCN2C(C)COCC2C1. The van der Waals surface area contributed by atoms with E-state index in [0.29, 0.717) is 34.1 Å². The Labute approximate surface area is 147 Å². The Kier molecular flexibility index (Phi) is 5.18. The molecule has 0 radical (unpaired) electrons. The molecule has 0 aliphatic carbocycles. The van der Waals surface area contributed by atoms with E-state index in [9.17, 15) is 4.79 Å². The number of rotatable bonds is 3. The highest BCUT2D eigenvalue weighted by Gasteiger charge is 2.35. The van der Waals surface area contributed by atoms with Crippen molar-refractivity contribution in [2.24, 2.45) is 0 Å². The van der Waals surface area contributed by atoms with Gasteiger partial charge >= 0.3 is 0 Å². The molecule has 132 valence electrons. The number of nitrogens with two attached hydrogens (primary N) is 1. The number of benzene rings is 1. The summed E-state index contributed by atoms with van der Waals surface area (Å²) in [7, 11) is 1.51. The molecule has 3 rings (SSSR count). The Bertz CT molecular complexity index is 625. The molecule has 7 heteroatoms. The van der Waals surface area contributed by atoms with E-state index in [-0.39, 0.29) is 11.9 Å². The van der Waals surface area contributed by atoms with Crippen molar-refractivity contribution < 1.29 is 14.3 Å². The van der Waals surface area contributed by atoms with E-state index in [2.05, 4.69) is 17.1 Å². The number of carbonyl (C=O) groups excluding carboxylic acids is 1. The lowest BCUT2D eigenvalue weighted by Crippen LogP contribution is -2.58. The minimum absolute atomic E-state index is 0.119. The van der Waals surface area contributed by atoms with Crippen molar-refractivity contribution in [3.63, 3.8) is 0 Å². The minimum Gasteiger partial charge on any atom is -0.496 e. The van der Waals surface area contributed by atoms with Crippen LogP contribution in [0.1, 0.15) is 30.1 Å². The van der Waals surface area contributed by atoms with Crippen LogP contribution in [0.2, 0.25) is 5.02 Å². The van der Waals surface area contributed by atoms with Crippen LogP contribution in [0.15, 0.2) is 12.1 Å². The molecule has 3 unspecified atom stereocenters. The summed E-state index contributed by atoms with van der Waals surface area (Å²) >= 11 is 6.05. The molecule has 1 aromatic carbocycles. The highest BCUT2D eigenvalue weighted by molar-refractivity contribution is 6.33. The number of carbonyl (C=O) groups is 1. The van der Waals surface area contributed by atoms with Gasteiger partial charge in [0.05, 0.1) is 36.6 Å². The maximum absolute atomic E-state index is 12.6. The van der Waals surface area contributed by atoms with Crippen LogP contribution in [0.25, 0.3) is 0 Å². The summed E-state index contributed by atoms with van der Waals surface area (Å²) < 4.78 is 10.9. The Morgan fingerprint density at radius 1 is 1.46 bits per heavy atom. The first kappa shape index (κ1) is 17.3. The molecule has 1 amide bonds. The summed E-state index contributed by atoms with van der Waals surface area (Å²) in [5, 5.41) is 3.46. The van der Waals surface area contributed by atoms with Gasteiger partial charge in [-0.05, 0) is 25.8 Å². The molecule has 0 aromatic heterocycles. The summed E-state index contributed by atoms with van der Waals surface area (Å²) in [6, 6.07) is 4.07. The average molecular weight is 354 g/mol. The van der Waals surface area contributed by atoms with Crippen molar-refractivity contribution in [3.8, 4) is 5.75 Å². The molecule has 0 spiro atoms. The average Bonchev–Trinajstić information content (AvgIpc) is 2.57. The van der Waals surface area contributed by atoms with Gasteiger partial charge in [0.15, 0.2) is 0 Å². The number of piperidine rings is 1. The van der Waals surface area contributed by atoms with Crippen LogP contribution in [-0.4, -0.2) is 55.8 Å². The number of amides is 1. The predicted molar refractivity (Wildman–Crippen MR) is 93.7 cm³/mol. The molecule has 3 atom stereocenters. The van der Waals surface area contributed by atoms with Gasteiger partial charge < -0.3 is 20.5 Å². The number of halogens is 1. The van der Waals surface area contributed by atoms with E-state index in [1.807, 2.05) is 0 Å². The van der Waals surface area contributed by atoms with Crippen LogP contribution in [-0.2, 0) is 4.74 Å². The number of hydrogen-bond donors (Lipinski definition) is 2. The molecular formula is C17H24ClN3O3. The van der Waals surface area contributed by atoms with E-state index in [1.54, 1.807) is 12.1 Å². The van der Waals surface area contributed by atoms with E-state index in [4.69, 9.17) is 26.8 Å². The number of hydrogen-bond acceptors (Lipinski definition) is 5. The zero-order valence-electron chi connectivity index (χ0n) is 14.0. The molecular weight excluding hydrogens is 330 g/mol. The second-order valence-corrected chi connectivity index (χ2v) is 6.95. The smallest absolute Gasteiger partial charge is 0.255 e. The fourth-order valence-corrected chi connectivity index (χ4v) is 3.76. The van der Waals surface area contributed by atoms with Crippen LogP contribution in [0.3, 0.4) is 0 Å². The van der Waals surface area contributed by atoms with Crippen molar-refractivity contribution in [2.75, 3.05) is 32.6 Å². The van der Waals surface area contributed by atoms with Gasteiger partial charge in [-0.25, -0.2) is 0 Å². The van der Waals surface area contributed by atoms with Crippen LogP contribution in [0.4, 0.5) is 5.69 Å². The van der Waals surface area contributed by atoms with Crippen molar-refractivity contribution in [2.45, 2.75) is 37.9 Å². The first-order chi connectivity index (χ1) is 11.5. The number of morpholine rings is 1. The maximum Gasteiger partial charge on any atom is 0.255 e. The van der Waals surface area contributed by atoms with Crippen LogP contribution in [0.5, 0.6) is 5.75 Å². The van der Waals surface area contributed by atoms with E-state index in [0.717, 1.165) is 32.6 Å². The second kappa shape index (κ2) is 7.17. The Hall–Kier alpha value is -1.50. The van der Waals surface area contributed by atoms with Crippen LogP contribution >= 0.6 is 11.6 Å². The zero-order chi connectivity index (χ0) is 17.3. The van der Waals surface area contributed by atoms with Crippen molar-refractivity contribution >= 4 is 23.2 Å². The number of ether oxygens (including phenoxy) is 2. The summed E-state index contributed by atoms with van der Waals surface area (Å²) in [4.78, 5) is 15.1. The fraction of sp³-hybridized carbons (Fsp3) is 0.588. The molecule has 2 heterocycles. The summed E-state index contributed by atoms with van der Waals surface area (Å²) in [5.74, 6) is 0.249. The lowest BCUT2D eigenvalue weighted by molar-refractivity contribution is -0.0625. The number of nitrogens with zero attached hydrogens (tertiary/aromatic N) is 1. The predicted octanol–water partition coefficient (Wildman–Crippen LogP) is 1.91. The van der Waals surface area contributed by atoms with Crippen molar-refractivity contribution in [1.82, 2.24) is 10.2 Å². The van der Waals surface area contributed by atoms with Gasteiger partial charge in [0.1, 0.15) is 5.75 Å². The molecule has 1 aromatic rings. The highest BCUT2D eigenvalue weighted by Crippen LogP contribution is 2.29. The summed E-state index contributed by atoms with van der Waals surface area (Å²) in [5.41, 5.74) is 6.58. The monoisotopic (exact) mass is 353 g/mol. The van der Waals surface area contributed by atoms with Crippen LogP contribution < -0.4 is 15.8 Å². The van der Waals surface area contributed by atoms with E-state index < -0.39 is 0 Å². The Morgan fingerprint density at radius 2 is 2.25 bits per heavy atom. The molecule has 0 saturated carbocycles. The third-order valence-corrected chi connectivity index (χ3v) is 5.22. The molecule has 0 bridgehead atoms. The fourth-order valence-electron chi connectivity index (χ4n) is 3.59. The van der Waals surface area contributed by atoms with Crippen molar-refractivity contribution in [1.29, 1.82) is 0 Å². The lowest BCUT2D eigenvalue weighted by atomic mass is 9.94. The number of nitrogens with one attached hydrogen (secondary N) is 1. The number of methoxy groups -OCH3 is 1. The van der Waals surface area contributed by atoms with Crippen LogP contribution in [0, 0.1) is 0 Å². The standard InChI is InChI=1S/C17H24ClN3O3/c1-10-8-24-9-12-5-11(3-4-21(10)12)20-17(22)13-6-14(18)15(19)7-16(13)23-2/h6-7,10-12H,3-5,8-9,19H2,1-2H3,(H,20,22). The van der Waals surface area contributed by atoms with Gasteiger partial charge in [0.2, 0.25) is 0 Å². The Morgan fingerprint density at radius 3 is 3.00 bits per heavy atom. The normalized spacial score (nSPS) is 27.4. The largest absolute Gasteiger partial charge is 0.496 e. The molecule has 2 saturated heterocycles. The van der Waals surface area contributed by atoms with Gasteiger partial charge in [-0.2, -0.15) is 0 Å². The number of nitrogen functional groups attached to an aromatic ring is 1. The molecule has 6 nitrogen and oxygen atoms in total. The summed E-state index contributed by atoms with van der Waals surface area (Å²) in [6.07, 6.45) is 1.82. The van der Waals surface area contributed by atoms with Gasteiger partial charge in [-0.1, -0.05) is 11.6 Å². The van der Waals surface area contributed by atoms with E-state index in [1.165, 1.54) is 7.11 Å². The zero-order valence-corrected chi connectivity index (χ0v) is 14.8. The van der Waals surface area contributed by atoms with Gasteiger partial charge in [0, 0.05) is 30.7 Å². The molecule has 2 aliphatic rings. The van der Waals surface area contributed by atoms with Crippen molar-refractivity contribution in [3.05, 3.63) is 22.7 Å². The molecule has 3 N–H and O–H groups in total. The first-order valence-electron chi connectivity index (χ1n) is 8.27. The Balaban J connectivity index is 1.68. The first-order valence-corrected chi connectivity index (χ1v) is 8.64. The van der Waals surface area contributed by atoms with Gasteiger partial charge in [-0.15, -0.1) is 0 Å².